The maximum atomic E-state index is 11.7. The molecule has 1 aliphatic heterocycles. The summed E-state index contributed by atoms with van der Waals surface area (Å²) in [7, 11) is 1.36. The molecule has 0 aromatic carbocycles. The summed E-state index contributed by atoms with van der Waals surface area (Å²) in [4.78, 5) is 18.0. The molecule has 1 aliphatic rings. The van der Waals surface area contributed by atoms with Gasteiger partial charge in [0.1, 0.15) is 11.4 Å². The molecule has 2 heterocycles. The third-order valence-corrected chi connectivity index (χ3v) is 3.53. The Bertz CT molecular complexity index is 436. The molecule has 18 heavy (non-hydrogen) atoms. The van der Waals surface area contributed by atoms with Gasteiger partial charge >= 0.3 is 5.97 Å². The van der Waals surface area contributed by atoms with Crippen molar-refractivity contribution in [3.05, 3.63) is 23.9 Å². The van der Waals surface area contributed by atoms with Crippen molar-refractivity contribution in [1.82, 2.24) is 4.98 Å². The smallest absolute Gasteiger partial charge is 0.341 e. The fraction of sp³-hybridized carbons (Fsp3) is 0.538. The lowest BCUT2D eigenvalue weighted by atomic mass is 10.0. The standard InChI is InChI=1S/C13H18N2O3/c1-9-5-7-15(11(9)8-16)12-10(13(17)18-2)4-3-6-14-12/h3-4,6,9,11,16H,5,7-8H2,1-2H3. The first kappa shape index (κ1) is 12.8. The van der Waals surface area contributed by atoms with Gasteiger partial charge in [0, 0.05) is 12.7 Å². The lowest BCUT2D eigenvalue weighted by molar-refractivity contribution is 0.0600. The Morgan fingerprint density at radius 1 is 1.67 bits per heavy atom. The van der Waals surface area contributed by atoms with Gasteiger partial charge in [-0.2, -0.15) is 0 Å². The molecule has 1 saturated heterocycles. The minimum absolute atomic E-state index is 0.0170. The molecule has 1 aromatic heterocycles. The summed E-state index contributed by atoms with van der Waals surface area (Å²) < 4.78 is 4.76. The molecule has 0 saturated carbocycles. The quantitative estimate of drug-likeness (QED) is 0.813. The number of hydrogen-bond acceptors (Lipinski definition) is 5. The summed E-state index contributed by atoms with van der Waals surface area (Å²) in [6.07, 6.45) is 2.64. The number of aliphatic hydroxyl groups is 1. The van der Waals surface area contributed by atoms with Crippen LogP contribution in [0.3, 0.4) is 0 Å². The number of anilines is 1. The number of hydrogen-bond donors (Lipinski definition) is 1. The number of nitrogens with zero attached hydrogens (tertiary/aromatic N) is 2. The normalized spacial score (nSPS) is 23.2. The fourth-order valence-corrected chi connectivity index (χ4v) is 2.44. The van der Waals surface area contributed by atoms with E-state index in [-0.39, 0.29) is 12.6 Å². The van der Waals surface area contributed by atoms with Gasteiger partial charge in [0.2, 0.25) is 0 Å². The van der Waals surface area contributed by atoms with Gasteiger partial charge in [0.25, 0.3) is 0 Å². The van der Waals surface area contributed by atoms with Gasteiger partial charge in [-0.1, -0.05) is 6.92 Å². The van der Waals surface area contributed by atoms with Crippen LogP contribution >= 0.6 is 0 Å². The Hall–Kier alpha value is -1.62. The van der Waals surface area contributed by atoms with Crippen molar-refractivity contribution < 1.29 is 14.6 Å². The zero-order valence-corrected chi connectivity index (χ0v) is 10.7. The summed E-state index contributed by atoms with van der Waals surface area (Å²) in [5.41, 5.74) is 0.451. The van der Waals surface area contributed by atoms with Crippen LogP contribution in [0, 0.1) is 5.92 Å². The first-order valence-corrected chi connectivity index (χ1v) is 6.10. The number of rotatable bonds is 3. The molecule has 0 spiro atoms. The van der Waals surface area contributed by atoms with Crippen molar-refractivity contribution >= 4 is 11.8 Å². The molecule has 0 amide bonds. The largest absolute Gasteiger partial charge is 0.465 e. The number of methoxy groups -OCH3 is 1. The average molecular weight is 250 g/mol. The molecule has 1 fully saturated rings. The number of pyridine rings is 1. The van der Waals surface area contributed by atoms with Crippen molar-refractivity contribution in [1.29, 1.82) is 0 Å². The highest BCUT2D eigenvalue weighted by molar-refractivity contribution is 5.94. The van der Waals surface area contributed by atoms with E-state index < -0.39 is 5.97 Å². The van der Waals surface area contributed by atoms with E-state index >= 15 is 0 Å². The van der Waals surface area contributed by atoms with E-state index in [9.17, 15) is 9.90 Å². The van der Waals surface area contributed by atoms with Gasteiger partial charge in [0.15, 0.2) is 0 Å². The number of aromatic nitrogens is 1. The Balaban J connectivity index is 2.36. The highest BCUT2D eigenvalue weighted by atomic mass is 16.5. The molecule has 5 nitrogen and oxygen atoms in total. The van der Waals surface area contributed by atoms with E-state index in [0.717, 1.165) is 13.0 Å². The first-order chi connectivity index (χ1) is 8.69. The Morgan fingerprint density at radius 3 is 3.11 bits per heavy atom. The van der Waals surface area contributed by atoms with Gasteiger partial charge in [-0.15, -0.1) is 0 Å². The van der Waals surface area contributed by atoms with Gasteiger partial charge in [0.05, 0.1) is 19.8 Å². The van der Waals surface area contributed by atoms with E-state index in [2.05, 4.69) is 11.9 Å². The van der Waals surface area contributed by atoms with Crippen molar-refractivity contribution in [2.45, 2.75) is 19.4 Å². The Morgan fingerprint density at radius 2 is 2.44 bits per heavy atom. The molecular weight excluding hydrogens is 232 g/mol. The molecule has 0 radical (unpaired) electrons. The summed E-state index contributed by atoms with van der Waals surface area (Å²) in [5.74, 6) is 0.601. The van der Waals surface area contributed by atoms with Crippen LogP contribution in [0.2, 0.25) is 0 Å². The lowest BCUT2D eigenvalue weighted by Gasteiger charge is -2.27. The third kappa shape index (κ3) is 2.18. The lowest BCUT2D eigenvalue weighted by Crippen LogP contribution is -2.36. The Labute approximate surface area is 106 Å². The highest BCUT2D eigenvalue weighted by Gasteiger charge is 2.33. The second kappa shape index (κ2) is 5.35. The van der Waals surface area contributed by atoms with E-state index in [1.54, 1.807) is 18.3 Å². The molecule has 0 aliphatic carbocycles. The number of carbonyl (C=O) groups excluding carboxylic acids is 1. The van der Waals surface area contributed by atoms with Crippen LogP contribution in [0.4, 0.5) is 5.82 Å². The Kier molecular flexibility index (Phi) is 3.81. The predicted molar refractivity (Wildman–Crippen MR) is 67.6 cm³/mol. The van der Waals surface area contributed by atoms with Crippen LogP contribution in [0.25, 0.3) is 0 Å². The third-order valence-electron chi connectivity index (χ3n) is 3.53. The molecule has 5 heteroatoms. The monoisotopic (exact) mass is 250 g/mol. The van der Waals surface area contributed by atoms with Crippen molar-refractivity contribution in [3.8, 4) is 0 Å². The molecule has 98 valence electrons. The molecular formula is C13H18N2O3. The molecule has 0 bridgehead atoms. The minimum Gasteiger partial charge on any atom is -0.465 e. The van der Waals surface area contributed by atoms with Crippen molar-refractivity contribution in [2.24, 2.45) is 5.92 Å². The number of esters is 1. The van der Waals surface area contributed by atoms with Gasteiger partial charge in [-0.25, -0.2) is 9.78 Å². The summed E-state index contributed by atoms with van der Waals surface area (Å²) in [5, 5.41) is 9.47. The molecule has 2 unspecified atom stereocenters. The van der Waals surface area contributed by atoms with E-state index in [4.69, 9.17) is 4.74 Å². The van der Waals surface area contributed by atoms with Crippen molar-refractivity contribution in [2.75, 3.05) is 25.2 Å². The summed E-state index contributed by atoms with van der Waals surface area (Å²) >= 11 is 0. The van der Waals surface area contributed by atoms with Crippen LogP contribution in [0.15, 0.2) is 18.3 Å². The zero-order chi connectivity index (χ0) is 13.1. The molecule has 2 rings (SSSR count). The number of aliphatic hydroxyl groups excluding tert-OH is 1. The van der Waals surface area contributed by atoms with Gasteiger partial charge in [-0.3, -0.25) is 0 Å². The summed E-state index contributed by atoms with van der Waals surface area (Å²) in [6.45, 7) is 2.97. The van der Waals surface area contributed by atoms with Crippen molar-refractivity contribution in [3.63, 3.8) is 0 Å². The zero-order valence-electron chi connectivity index (χ0n) is 10.7. The van der Waals surface area contributed by atoms with E-state index in [0.29, 0.717) is 17.3 Å². The second-order valence-electron chi connectivity index (χ2n) is 4.58. The highest BCUT2D eigenvalue weighted by Crippen LogP contribution is 2.30. The van der Waals surface area contributed by atoms with Crippen LogP contribution < -0.4 is 4.90 Å². The van der Waals surface area contributed by atoms with Crippen LogP contribution in [0.5, 0.6) is 0 Å². The van der Waals surface area contributed by atoms with Crippen LogP contribution in [0.1, 0.15) is 23.7 Å². The van der Waals surface area contributed by atoms with E-state index in [1.807, 2.05) is 4.90 Å². The number of ether oxygens (including phenoxy) is 1. The molecule has 1 aromatic rings. The van der Waals surface area contributed by atoms with Crippen LogP contribution in [-0.2, 0) is 4.74 Å². The maximum absolute atomic E-state index is 11.7. The molecule has 1 N–H and O–H groups in total. The average Bonchev–Trinajstić information content (AvgIpc) is 2.78. The maximum Gasteiger partial charge on any atom is 0.341 e. The second-order valence-corrected chi connectivity index (χ2v) is 4.58. The minimum atomic E-state index is -0.394. The number of carbonyl (C=O) groups is 1. The fourth-order valence-electron chi connectivity index (χ4n) is 2.44. The topological polar surface area (TPSA) is 62.7 Å². The van der Waals surface area contributed by atoms with Crippen LogP contribution in [-0.4, -0.2) is 42.4 Å². The first-order valence-electron chi connectivity index (χ1n) is 6.10. The molecule has 2 atom stereocenters. The predicted octanol–water partition coefficient (Wildman–Crippen LogP) is 1.08. The van der Waals surface area contributed by atoms with Gasteiger partial charge in [-0.05, 0) is 24.5 Å². The van der Waals surface area contributed by atoms with Gasteiger partial charge < -0.3 is 14.7 Å². The summed E-state index contributed by atoms with van der Waals surface area (Å²) in [6, 6.07) is 3.43. The SMILES string of the molecule is COC(=O)c1cccnc1N1CCC(C)C1CO. The van der Waals surface area contributed by atoms with E-state index in [1.165, 1.54) is 7.11 Å².